The number of halogens is 3. The smallest absolute Gasteiger partial charge is 0.416 e. The van der Waals surface area contributed by atoms with E-state index in [4.69, 9.17) is 4.74 Å². The number of hydrogen-bond donors (Lipinski definition) is 2. The number of carbonyl (C=O) groups excluding carboxylic acids is 1. The van der Waals surface area contributed by atoms with Crippen molar-refractivity contribution in [2.75, 3.05) is 31.1 Å². The lowest BCUT2D eigenvalue weighted by Gasteiger charge is -2.33. The largest absolute Gasteiger partial charge is 0.489 e. The van der Waals surface area contributed by atoms with E-state index in [1.54, 1.807) is 18.3 Å². The Morgan fingerprint density at radius 3 is 2.42 bits per heavy atom. The molecule has 9 heteroatoms. The number of nitrogens with zero attached hydrogens (tertiary/aromatic N) is 2. The minimum atomic E-state index is -4.32. The van der Waals surface area contributed by atoms with Crippen molar-refractivity contribution >= 4 is 11.6 Å². The molecule has 2 saturated heterocycles. The number of rotatable bonds is 5. The van der Waals surface area contributed by atoms with Crippen LogP contribution < -0.4 is 20.3 Å². The fourth-order valence-electron chi connectivity index (χ4n) is 3.91. The molecule has 3 heterocycles. The first kappa shape index (κ1) is 21.4. The van der Waals surface area contributed by atoms with Crippen LogP contribution in [-0.4, -0.2) is 49.2 Å². The SMILES string of the molecule is O=C(NC1CCNC1)c1ccc(OC2CCN(c3ccc(C(F)(F)F)cc3)CC2)cn1. The zero-order chi connectivity index (χ0) is 21.8. The number of ether oxygens (including phenoxy) is 1. The summed E-state index contributed by atoms with van der Waals surface area (Å²) in [6.45, 7) is 3.07. The van der Waals surface area contributed by atoms with Crippen LogP contribution in [0.3, 0.4) is 0 Å². The Kier molecular flexibility index (Phi) is 6.31. The van der Waals surface area contributed by atoms with Crippen LogP contribution in [0.2, 0.25) is 0 Å². The second-order valence-corrected chi connectivity index (χ2v) is 7.89. The van der Waals surface area contributed by atoms with Crippen molar-refractivity contribution in [3.63, 3.8) is 0 Å². The Morgan fingerprint density at radius 1 is 1.10 bits per heavy atom. The monoisotopic (exact) mass is 434 g/mol. The van der Waals surface area contributed by atoms with Crippen molar-refractivity contribution in [2.45, 2.75) is 37.6 Å². The lowest BCUT2D eigenvalue weighted by Crippen LogP contribution is -2.38. The van der Waals surface area contributed by atoms with Gasteiger partial charge in [-0.05, 0) is 49.4 Å². The van der Waals surface area contributed by atoms with Gasteiger partial charge in [0.25, 0.3) is 5.91 Å². The highest BCUT2D eigenvalue weighted by Gasteiger charge is 2.30. The van der Waals surface area contributed by atoms with Gasteiger partial charge in [-0.2, -0.15) is 13.2 Å². The van der Waals surface area contributed by atoms with Crippen LogP contribution in [-0.2, 0) is 6.18 Å². The predicted molar refractivity (Wildman–Crippen MR) is 110 cm³/mol. The fourth-order valence-corrected chi connectivity index (χ4v) is 3.91. The molecule has 2 aromatic rings. The first-order chi connectivity index (χ1) is 14.9. The minimum Gasteiger partial charge on any atom is -0.489 e. The summed E-state index contributed by atoms with van der Waals surface area (Å²) in [5.74, 6) is 0.414. The molecule has 166 valence electrons. The maximum Gasteiger partial charge on any atom is 0.416 e. The Bertz CT molecular complexity index is 873. The molecule has 31 heavy (non-hydrogen) atoms. The van der Waals surface area contributed by atoms with Crippen LogP contribution in [0, 0.1) is 0 Å². The maximum absolute atomic E-state index is 12.7. The van der Waals surface area contributed by atoms with E-state index in [0.29, 0.717) is 24.5 Å². The minimum absolute atomic E-state index is 0.00302. The van der Waals surface area contributed by atoms with E-state index in [1.165, 1.54) is 12.1 Å². The van der Waals surface area contributed by atoms with Crippen LogP contribution in [0.5, 0.6) is 5.75 Å². The molecular formula is C22H25F3N4O2. The summed E-state index contributed by atoms with van der Waals surface area (Å²) in [4.78, 5) is 18.5. The topological polar surface area (TPSA) is 66.5 Å². The van der Waals surface area contributed by atoms with E-state index in [-0.39, 0.29) is 18.1 Å². The fraction of sp³-hybridized carbons (Fsp3) is 0.455. The van der Waals surface area contributed by atoms with Gasteiger partial charge in [0, 0.05) is 44.2 Å². The first-order valence-corrected chi connectivity index (χ1v) is 10.4. The van der Waals surface area contributed by atoms with E-state index in [1.807, 2.05) is 0 Å². The normalized spacial score (nSPS) is 20.0. The third kappa shape index (κ3) is 5.46. The Morgan fingerprint density at radius 2 is 1.84 bits per heavy atom. The summed E-state index contributed by atoms with van der Waals surface area (Å²) in [7, 11) is 0. The molecule has 1 unspecified atom stereocenters. The summed E-state index contributed by atoms with van der Waals surface area (Å²) in [6.07, 6.45) is -0.355. The van der Waals surface area contributed by atoms with E-state index < -0.39 is 11.7 Å². The quantitative estimate of drug-likeness (QED) is 0.757. The van der Waals surface area contributed by atoms with Gasteiger partial charge in [0.2, 0.25) is 0 Å². The van der Waals surface area contributed by atoms with Crippen LogP contribution in [0.15, 0.2) is 42.6 Å². The van der Waals surface area contributed by atoms with Gasteiger partial charge in [0.15, 0.2) is 0 Å². The molecule has 0 radical (unpaired) electrons. The number of amides is 1. The molecule has 1 aromatic heterocycles. The Balaban J connectivity index is 1.26. The number of alkyl halides is 3. The van der Waals surface area contributed by atoms with Crippen molar-refractivity contribution in [3.8, 4) is 5.75 Å². The molecule has 0 aliphatic carbocycles. The first-order valence-electron chi connectivity index (χ1n) is 10.4. The maximum atomic E-state index is 12.7. The third-order valence-corrected chi connectivity index (χ3v) is 5.67. The molecule has 1 aromatic carbocycles. The van der Waals surface area contributed by atoms with Gasteiger partial charge in [0.1, 0.15) is 17.5 Å². The van der Waals surface area contributed by atoms with Crippen molar-refractivity contribution in [1.29, 1.82) is 0 Å². The van der Waals surface area contributed by atoms with E-state index in [2.05, 4.69) is 20.5 Å². The van der Waals surface area contributed by atoms with E-state index in [0.717, 1.165) is 50.2 Å². The second kappa shape index (κ2) is 9.13. The standard InChI is InChI=1S/C22H25F3N4O2/c23-22(24,25)15-1-3-17(4-2-15)29-11-8-18(9-12-29)31-19-5-6-20(27-14-19)21(30)28-16-7-10-26-13-16/h1-6,14,16,18,26H,7-13H2,(H,28,30). The van der Waals surface area contributed by atoms with Crippen LogP contribution >= 0.6 is 0 Å². The van der Waals surface area contributed by atoms with Crippen LogP contribution in [0.4, 0.5) is 18.9 Å². The van der Waals surface area contributed by atoms with Gasteiger partial charge >= 0.3 is 6.18 Å². The molecule has 0 bridgehead atoms. The molecule has 2 N–H and O–H groups in total. The number of carbonyl (C=O) groups is 1. The van der Waals surface area contributed by atoms with Gasteiger partial charge in [-0.25, -0.2) is 4.98 Å². The van der Waals surface area contributed by atoms with Gasteiger partial charge in [0.05, 0.1) is 11.8 Å². The third-order valence-electron chi connectivity index (χ3n) is 5.67. The number of anilines is 1. The molecule has 1 atom stereocenters. The van der Waals surface area contributed by atoms with Crippen molar-refractivity contribution in [3.05, 3.63) is 53.9 Å². The zero-order valence-corrected chi connectivity index (χ0v) is 17.0. The van der Waals surface area contributed by atoms with E-state index >= 15 is 0 Å². The average Bonchev–Trinajstić information content (AvgIpc) is 3.27. The molecule has 0 spiro atoms. The molecule has 2 fully saturated rings. The van der Waals surface area contributed by atoms with Gasteiger partial charge < -0.3 is 20.3 Å². The summed E-state index contributed by atoms with van der Waals surface area (Å²) in [5, 5.41) is 6.16. The van der Waals surface area contributed by atoms with Crippen molar-refractivity contribution < 1.29 is 22.7 Å². The molecule has 6 nitrogen and oxygen atoms in total. The molecule has 2 aliphatic rings. The highest BCUT2D eigenvalue weighted by molar-refractivity contribution is 5.92. The highest BCUT2D eigenvalue weighted by atomic mass is 19.4. The van der Waals surface area contributed by atoms with Gasteiger partial charge in [-0.15, -0.1) is 0 Å². The Hall–Kier alpha value is -2.81. The summed E-state index contributed by atoms with van der Waals surface area (Å²) in [6, 6.07) is 8.80. The molecule has 0 saturated carbocycles. The van der Waals surface area contributed by atoms with Gasteiger partial charge in [-0.1, -0.05) is 0 Å². The summed E-state index contributed by atoms with van der Waals surface area (Å²) >= 11 is 0. The predicted octanol–water partition coefficient (Wildman–Crippen LogP) is 3.24. The molecule has 1 amide bonds. The highest BCUT2D eigenvalue weighted by Crippen LogP contribution is 2.31. The molecule has 2 aliphatic heterocycles. The number of benzene rings is 1. The van der Waals surface area contributed by atoms with Gasteiger partial charge in [-0.3, -0.25) is 4.79 Å². The summed E-state index contributed by atoms with van der Waals surface area (Å²) in [5.41, 5.74) is 0.497. The lowest BCUT2D eigenvalue weighted by molar-refractivity contribution is -0.137. The number of nitrogens with one attached hydrogen (secondary N) is 2. The van der Waals surface area contributed by atoms with E-state index in [9.17, 15) is 18.0 Å². The number of hydrogen-bond acceptors (Lipinski definition) is 5. The number of aromatic nitrogens is 1. The van der Waals surface area contributed by atoms with Crippen LogP contribution in [0.25, 0.3) is 0 Å². The van der Waals surface area contributed by atoms with Crippen molar-refractivity contribution in [2.24, 2.45) is 0 Å². The Labute approximate surface area is 178 Å². The van der Waals surface area contributed by atoms with Crippen LogP contribution in [0.1, 0.15) is 35.3 Å². The zero-order valence-electron chi connectivity index (χ0n) is 17.0. The second-order valence-electron chi connectivity index (χ2n) is 7.89. The van der Waals surface area contributed by atoms with Crippen molar-refractivity contribution in [1.82, 2.24) is 15.6 Å². The number of piperidine rings is 1. The number of pyridine rings is 1. The molecular weight excluding hydrogens is 409 g/mol. The average molecular weight is 434 g/mol. The molecule has 4 rings (SSSR count). The summed E-state index contributed by atoms with van der Waals surface area (Å²) < 4.78 is 44.2. The lowest BCUT2D eigenvalue weighted by atomic mass is 10.1.